The molecule has 3 N–H and O–H groups in total. The number of hydrogen-bond acceptors (Lipinski definition) is 3. The Balaban J connectivity index is 2.65. The van der Waals surface area contributed by atoms with Gasteiger partial charge in [-0.15, -0.1) is 0 Å². The number of benzene rings is 1. The van der Waals surface area contributed by atoms with Gasteiger partial charge in [0.15, 0.2) is 0 Å². The van der Waals surface area contributed by atoms with Crippen LogP contribution in [0.1, 0.15) is 10.4 Å². The summed E-state index contributed by atoms with van der Waals surface area (Å²) in [4.78, 5) is 11.4. The zero-order valence-electron chi connectivity index (χ0n) is 8.83. The summed E-state index contributed by atoms with van der Waals surface area (Å²) < 4.78 is 36.2. The minimum atomic E-state index is -5.25. The van der Waals surface area contributed by atoms with Crippen LogP contribution in [0.2, 0.25) is 5.02 Å². The van der Waals surface area contributed by atoms with Crippen molar-refractivity contribution in [3.05, 3.63) is 34.9 Å². The van der Waals surface area contributed by atoms with E-state index < -0.39 is 24.4 Å². The quantitative estimate of drug-likeness (QED) is 0.733. The van der Waals surface area contributed by atoms with Crippen LogP contribution in [-0.2, 0) is 0 Å². The zero-order chi connectivity index (χ0) is 14.0. The molecule has 0 atom stereocenters. The van der Waals surface area contributed by atoms with Gasteiger partial charge in [-0.1, -0.05) is 11.6 Å². The van der Waals surface area contributed by atoms with E-state index in [0.717, 1.165) is 0 Å². The van der Waals surface area contributed by atoms with Crippen molar-refractivity contribution in [2.24, 2.45) is 0 Å². The predicted molar refractivity (Wildman–Crippen MR) is 57.0 cm³/mol. The molecule has 8 heteroatoms. The van der Waals surface area contributed by atoms with Gasteiger partial charge in [-0.05, 0) is 24.3 Å². The lowest BCUT2D eigenvalue weighted by Crippen LogP contribution is -2.53. The van der Waals surface area contributed by atoms with Crippen molar-refractivity contribution in [3.8, 4) is 0 Å². The van der Waals surface area contributed by atoms with Gasteiger partial charge >= 0.3 is 6.18 Å². The molecule has 0 saturated carbocycles. The highest BCUT2D eigenvalue weighted by Crippen LogP contribution is 2.27. The van der Waals surface area contributed by atoms with Gasteiger partial charge in [0.1, 0.15) is 0 Å². The second-order valence-electron chi connectivity index (χ2n) is 3.50. The molecule has 0 radical (unpaired) electrons. The second-order valence-corrected chi connectivity index (χ2v) is 3.94. The molecule has 1 rings (SSSR count). The summed E-state index contributed by atoms with van der Waals surface area (Å²) in [5.74, 6) is -4.84. The molecule has 100 valence electrons. The third-order valence-electron chi connectivity index (χ3n) is 2.06. The molecule has 1 amide bonds. The molecule has 1 aromatic rings. The van der Waals surface area contributed by atoms with Crippen LogP contribution in [-0.4, -0.2) is 34.6 Å². The SMILES string of the molecule is O=C(NCC(O)(O)C(F)(F)F)c1ccc(Cl)cc1. The highest BCUT2D eigenvalue weighted by Gasteiger charge is 2.52. The molecule has 1 aromatic carbocycles. The number of carbonyl (C=O) groups is 1. The van der Waals surface area contributed by atoms with E-state index in [1.54, 1.807) is 5.32 Å². The first-order valence-electron chi connectivity index (χ1n) is 4.69. The predicted octanol–water partition coefficient (Wildman–Crippen LogP) is 1.31. The van der Waals surface area contributed by atoms with E-state index in [-0.39, 0.29) is 5.56 Å². The Hall–Kier alpha value is -1.31. The maximum atomic E-state index is 12.1. The van der Waals surface area contributed by atoms with E-state index >= 15 is 0 Å². The van der Waals surface area contributed by atoms with Crippen molar-refractivity contribution in [2.75, 3.05) is 6.54 Å². The van der Waals surface area contributed by atoms with Crippen LogP contribution in [0, 0.1) is 0 Å². The van der Waals surface area contributed by atoms with Gasteiger partial charge in [0.05, 0.1) is 6.54 Å². The van der Waals surface area contributed by atoms with Gasteiger partial charge in [-0.2, -0.15) is 13.2 Å². The average Bonchev–Trinajstić information content (AvgIpc) is 2.25. The number of aliphatic hydroxyl groups is 2. The van der Waals surface area contributed by atoms with Gasteiger partial charge < -0.3 is 15.5 Å². The van der Waals surface area contributed by atoms with Crippen molar-refractivity contribution in [3.63, 3.8) is 0 Å². The molecular formula is C10H9ClF3NO3. The monoisotopic (exact) mass is 283 g/mol. The van der Waals surface area contributed by atoms with Crippen molar-refractivity contribution in [1.82, 2.24) is 5.32 Å². The lowest BCUT2D eigenvalue weighted by molar-refractivity contribution is -0.344. The zero-order valence-corrected chi connectivity index (χ0v) is 9.59. The summed E-state index contributed by atoms with van der Waals surface area (Å²) in [7, 11) is 0. The van der Waals surface area contributed by atoms with Crippen LogP contribution in [0.4, 0.5) is 13.2 Å². The molecule has 0 aliphatic rings. The topological polar surface area (TPSA) is 69.6 Å². The largest absolute Gasteiger partial charge is 0.444 e. The Morgan fingerprint density at radius 2 is 1.72 bits per heavy atom. The van der Waals surface area contributed by atoms with Gasteiger partial charge in [0.2, 0.25) is 0 Å². The summed E-state index contributed by atoms with van der Waals surface area (Å²) in [5.41, 5.74) is 0.0531. The Morgan fingerprint density at radius 3 is 2.17 bits per heavy atom. The minimum Gasteiger partial charge on any atom is -0.357 e. The summed E-state index contributed by atoms with van der Waals surface area (Å²) in [5, 5.41) is 19.5. The van der Waals surface area contributed by atoms with Crippen LogP contribution in [0.25, 0.3) is 0 Å². The lowest BCUT2D eigenvalue weighted by atomic mass is 10.2. The Labute approximate surface area is 105 Å². The van der Waals surface area contributed by atoms with Gasteiger partial charge in [-0.3, -0.25) is 4.79 Å². The molecule has 0 saturated heterocycles. The van der Waals surface area contributed by atoms with E-state index in [1.807, 2.05) is 0 Å². The first-order chi connectivity index (χ1) is 8.13. The van der Waals surface area contributed by atoms with E-state index in [1.165, 1.54) is 24.3 Å². The molecule has 4 nitrogen and oxygen atoms in total. The summed E-state index contributed by atoms with van der Waals surface area (Å²) in [6.07, 6.45) is -5.25. The molecule has 0 aromatic heterocycles. The molecule has 0 aliphatic carbocycles. The van der Waals surface area contributed by atoms with Gasteiger partial charge in [-0.25, -0.2) is 0 Å². The van der Waals surface area contributed by atoms with Crippen LogP contribution in [0.5, 0.6) is 0 Å². The molecular weight excluding hydrogens is 275 g/mol. The number of carbonyl (C=O) groups excluding carboxylic acids is 1. The van der Waals surface area contributed by atoms with E-state index in [4.69, 9.17) is 21.8 Å². The third-order valence-corrected chi connectivity index (χ3v) is 2.31. The maximum Gasteiger partial charge on any atom is 0.444 e. The fourth-order valence-electron chi connectivity index (χ4n) is 1.01. The Bertz CT molecular complexity index is 431. The van der Waals surface area contributed by atoms with Crippen LogP contribution in [0.3, 0.4) is 0 Å². The van der Waals surface area contributed by atoms with Gasteiger partial charge in [0, 0.05) is 10.6 Å². The second kappa shape index (κ2) is 5.13. The third kappa shape index (κ3) is 3.59. The Kier molecular flexibility index (Phi) is 4.20. The molecule has 0 spiro atoms. The fraction of sp³-hybridized carbons (Fsp3) is 0.300. The summed E-state index contributed by atoms with van der Waals surface area (Å²) in [6.45, 7) is -1.36. The first kappa shape index (κ1) is 14.7. The lowest BCUT2D eigenvalue weighted by Gasteiger charge is -2.24. The van der Waals surface area contributed by atoms with Gasteiger partial charge in [0.25, 0.3) is 11.7 Å². The molecule has 0 aliphatic heterocycles. The first-order valence-corrected chi connectivity index (χ1v) is 5.06. The number of amides is 1. The standard InChI is InChI=1S/C10H9ClF3NO3/c11-7-3-1-6(2-4-7)8(16)15-5-9(17,18)10(12,13)14/h1-4,17-18H,5H2,(H,15,16). The molecule has 0 fully saturated rings. The normalized spacial score (nSPS) is 12.3. The summed E-state index contributed by atoms with van der Waals surface area (Å²) in [6, 6.07) is 5.35. The smallest absolute Gasteiger partial charge is 0.357 e. The minimum absolute atomic E-state index is 0.0531. The molecule has 0 bridgehead atoms. The Morgan fingerprint density at radius 1 is 1.22 bits per heavy atom. The maximum absolute atomic E-state index is 12.1. The number of hydrogen-bond donors (Lipinski definition) is 3. The molecule has 0 unspecified atom stereocenters. The fourth-order valence-corrected chi connectivity index (χ4v) is 1.13. The number of halogens is 4. The van der Waals surface area contributed by atoms with E-state index in [0.29, 0.717) is 5.02 Å². The number of nitrogens with one attached hydrogen (secondary N) is 1. The number of rotatable bonds is 3. The van der Waals surface area contributed by atoms with Crippen molar-refractivity contribution >= 4 is 17.5 Å². The summed E-state index contributed by atoms with van der Waals surface area (Å²) >= 11 is 5.57. The molecule has 18 heavy (non-hydrogen) atoms. The highest BCUT2D eigenvalue weighted by molar-refractivity contribution is 6.30. The van der Waals surface area contributed by atoms with E-state index in [9.17, 15) is 18.0 Å². The number of alkyl halides is 3. The van der Waals surface area contributed by atoms with Crippen LogP contribution >= 0.6 is 11.6 Å². The van der Waals surface area contributed by atoms with Crippen molar-refractivity contribution in [1.29, 1.82) is 0 Å². The van der Waals surface area contributed by atoms with E-state index in [2.05, 4.69) is 0 Å². The molecule has 0 heterocycles. The average molecular weight is 284 g/mol. The van der Waals surface area contributed by atoms with Crippen LogP contribution < -0.4 is 5.32 Å². The van der Waals surface area contributed by atoms with Crippen molar-refractivity contribution in [2.45, 2.75) is 12.0 Å². The highest BCUT2D eigenvalue weighted by atomic mass is 35.5. The van der Waals surface area contributed by atoms with Crippen LogP contribution in [0.15, 0.2) is 24.3 Å². The van der Waals surface area contributed by atoms with Crippen molar-refractivity contribution < 1.29 is 28.2 Å².